The zero-order valence-electron chi connectivity index (χ0n) is 19.2. The molecule has 0 aliphatic heterocycles. The molecule has 0 unspecified atom stereocenters. The van der Waals surface area contributed by atoms with E-state index in [0.717, 1.165) is 41.5 Å². The summed E-state index contributed by atoms with van der Waals surface area (Å²) in [6, 6.07) is 21.4. The predicted molar refractivity (Wildman–Crippen MR) is 131 cm³/mol. The highest BCUT2D eigenvalue weighted by Crippen LogP contribution is 2.14. The molecule has 2 aromatic carbocycles. The molecule has 0 aliphatic carbocycles. The second-order valence-corrected chi connectivity index (χ2v) is 7.41. The van der Waals surface area contributed by atoms with E-state index in [9.17, 15) is 4.79 Å². The smallest absolute Gasteiger partial charge is 0.251 e. The standard InChI is InChI=1S/C26H31N5O2/c1-3-28-26(30-16-14-20-7-6-8-22(17-20)25(32)27-2)31-18-21-10-12-24(13-11-21)33-19-23-9-4-5-15-29-23/h4-13,15,17H,3,14,16,18-19H2,1-2H3,(H,27,32)(H2,28,30,31). The van der Waals surface area contributed by atoms with Crippen LogP contribution in [0, 0.1) is 0 Å². The highest BCUT2D eigenvalue weighted by Gasteiger charge is 2.04. The van der Waals surface area contributed by atoms with E-state index in [1.807, 2.05) is 73.7 Å². The lowest BCUT2D eigenvalue weighted by atomic mass is 10.1. The molecule has 3 aromatic rings. The maximum absolute atomic E-state index is 11.8. The van der Waals surface area contributed by atoms with Gasteiger partial charge in [0.25, 0.3) is 5.91 Å². The first-order valence-electron chi connectivity index (χ1n) is 11.1. The average Bonchev–Trinajstić information content (AvgIpc) is 2.87. The van der Waals surface area contributed by atoms with Gasteiger partial charge < -0.3 is 20.7 Å². The quantitative estimate of drug-likeness (QED) is 0.329. The number of pyridine rings is 1. The summed E-state index contributed by atoms with van der Waals surface area (Å²) in [6.07, 6.45) is 2.55. The first kappa shape index (κ1) is 23.8. The third-order valence-corrected chi connectivity index (χ3v) is 4.92. The van der Waals surface area contributed by atoms with Crippen molar-refractivity contribution in [2.75, 3.05) is 20.1 Å². The molecule has 1 heterocycles. The molecule has 1 amide bonds. The molecule has 0 saturated heterocycles. The zero-order valence-corrected chi connectivity index (χ0v) is 19.2. The number of aromatic nitrogens is 1. The summed E-state index contributed by atoms with van der Waals surface area (Å²) in [5.74, 6) is 1.49. The van der Waals surface area contributed by atoms with Crippen molar-refractivity contribution < 1.29 is 9.53 Å². The number of ether oxygens (including phenoxy) is 1. The van der Waals surface area contributed by atoms with Gasteiger partial charge in [0.15, 0.2) is 5.96 Å². The largest absolute Gasteiger partial charge is 0.487 e. The van der Waals surface area contributed by atoms with E-state index in [2.05, 4.69) is 25.9 Å². The minimum atomic E-state index is -0.0761. The van der Waals surface area contributed by atoms with Crippen molar-refractivity contribution in [2.24, 2.45) is 4.99 Å². The summed E-state index contributed by atoms with van der Waals surface area (Å²) in [6.45, 7) is 4.53. The van der Waals surface area contributed by atoms with Crippen LogP contribution in [0.5, 0.6) is 5.75 Å². The molecule has 7 nitrogen and oxygen atoms in total. The lowest BCUT2D eigenvalue weighted by Gasteiger charge is -2.12. The molecular weight excluding hydrogens is 414 g/mol. The van der Waals surface area contributed by atoms with Gasteiger partial charge in [0, 0.05) is 31.9 Å². The number of nitrogens with zero attached hydrogens (tertiary/aromatic N) is 2. The van der Waals surface area contributed by atoms with Gasteiger partial charge in [0.05, 0.1) is 12.2 Å². The Kier molecular flexibility index (Phi) is 9.27. The van der Waals surface area contributed by atoms with E-state index in [1.54, 1.807) is 13.2 Å². The molecule has 0 radical (unpaired) electrons. The fourth-order valence-electron chi connectivity index (χ4n) is 3.18. The molecule has 0 aliphatic rings. The van der Waals surface area contributed by atoms with Crippen LogP contribution in [-0.4, -0.2) is 37.0 Å². The predicted octanol–water partition coefficient (Wildman–Crippen LogP) is 3.32. The number of carbonyl (C=O) groups excluding carboxylic acids is 1. The molecule has 172 valence electrons. The van der Waals surface area contributed by atoms with E-state index in [0.29, 0.717) is 25.3 Å². The highest BCUT2D eigenvalue weighted by atomic mass is 16.5. The zero-order chi connectivity index (χ0) is 23.3. The molecule has 1 aromatic heterocycles. The summed E-state index contributed by atoms with van der Waals surface area (Å²) in [4.78, 5) is 20.7. The molecular formula is C26H31N5O2. The Morgan fingerprint density at radius 2 is 1.85 bits per heavy atom. The maximum Gasteiger partial charge on any atom is 0.251 e. The molecule has 7 heteroatoms. The van der Waals surface area contributed by atoms with Gasteiger partial charge in [-0.05, 0) is 60.9 Å². The summed E-state index contributed by atoms with van der Waals surface area (Å²) in [5, 5.41) is 9.28. The number of guanidine groups is 1. The van der Waals surface area contributed by atoms with E-state index in [1.165, 1.54) is 0 Å². The second-order valence-electron chi connectivity index (χ2n) is 7.41. The van der Waals surface area contributed by atoms with E-state index in [-0.39, 0.29) is 5.91 Å². The van der Waals surface area contributed by atoms with Crippen LogP contribution in [0.3, 0.4) is 0 Å². The number of hydrogen-bond donors (Lipinski definition) is 3. The molecule has 3 N–H and O–H groups in total. The van der Waals surface area contributed by atoms with Crippen LogP contribution in [0.4, 0.5) is 0 Å². The normalized spacial score (nSPS) is 11.0. The molecule has 3 rings (SSSR count). The van der Waals surface area contributed by atoms with Crippen molar-refractivity contribution >= 4 is 11.9 Å². The Bertz CT molecular complexity index is 1040. The first-order chi connectivity index (χ1) is 16.2. The third kappa shape index (κ3) is 7.96. The Labute approximate surface area is 195 Å². The van der Waals surface area contributed by atoms with Crippen molar-refractivity contribution in [3.05, 3.63) is 95.3 Å². The monoisotopic (exact) mass is 445 g/mol. The van der Waals surface area contributed by atoms with Gasteiger partial charge >= 0.3 is 0 Å². The molecule has 33 heavy (non-hydrogen) atoms. The Morgan fingerprint density at radius 1 is 1.00 bits per heavy atom. The fourth-order valence-corrected chi connectivity index (χ4v) is 3.18. The van der Waals surface area contributed by atoms with Crippen LogP contribution in [0.15, 0.2) is 77.9 Å². The van der Waals surface area contributed by atoms with Gasteiger partial charge in [0.1, 0.15) is 12.4 Å². The van der Waals surface area contributed by atoms with Crippen LogP contribution in [0.2, 0.25) is 0 Å². The van der Waals surface area contributed by atoms with Gasteiger partial charge in [-0.1, -0.05) is 30.3 Å². The maximum atomic E-state index is 11.8. The topological polar surface area (TPSA) is 87.6 Å². The van der Waals surface area contributed by atoms with Crippen molar-refractivity contribution in [2.45, 2.75) is 26.5 Å². The van der Waals surface area contributed by atoms with Crippen molar-refractivity contribution in [1.82, 2.24) is 20.9 Å². The number of amides is 1. The lowest BCUT2D eigenvalue weighted by molar-refractivity contribution is 0.0963. The average molecular weight is 446 g/mol. The summed E-state index contributed by atoms with van der Waals surface area (Å²) in [7, 11) is 1.64. The van der Waals surface area contributed by atoms with Gasteiger partial charge in [-0.15, -0.1) is 0 Å². The Balaban J connectivity index is 1.49. The van der Waals surface area contributed by atoms with Crippen LogP contribution in [0.25, 0.3) is 0 Å². The Hall–Kier alpha value is -3.87. The molecule has 0 saturated carbocycles. The molecule has 0 spiro atoms. The summed E-state index contributed by atoms with van der Waals surface area (Å²) >= 11 is 0. The summed E-state index contributed by atoms with van der Waals surface area (Å²) in [5.41, 5.74) is 3.76. The number of nitrogens with one attached hydrogen (secondary N) is 3. The van der Waals surface area contributed by atoms with Crippen molar-refractivity contribution in [3.63, 3.8) is 0 Å². The second kappa shape index (κ2) is 12.9. The number of rotatable bonds is 10. The number of aliphatic imine (C=N–C) groups is 1. The van der Waals surface area contributed by atoms with Gasteiger partial charge in [-0.25, -0.2) is 4.99 Å². The SMILES string of the molecule is CCNC(=NCc1ccc(OCc2ccccn2)cc1)NCCc1cccc(C(=O)NC)c1. The van der Waals surface area contributed by atoms with E-state index >= 15 is 0 Å². The van der Waals surface area contributed by atoms with Gasteiger partial charge in [-0.2, -0.15) is 0 Å². The van der Waals surface area contributed by atoms with Crippen LogP contribution in [0.1, 0.15) is 34.1 Å². The number of benzene rings is 2. The van der Waals surface area contributed by atoms with Crippen molar-refractivity contribution in [3.8, 4) is 5.75 Å². The first-order valence-corrected chi connectivity index (χ1v) is 11.1. The van der Waals surface area contributed by atoms with Gasteiger partial charge in [-0.3, -0.25) is 9.78 Å². The fraction of sp³-hybridized carbons (Fsp3) is 0.269. The third-order valence-electron chi connectivity index (χ3n) is 4.92. The minimum absolute atomic E-state index is 0.0761. The Morgan fingerprint density at radius 3 is 2.58 bits per heavy atom. The van der Waals surface area contributed by atoms with Crippen molar-refractivity contribution in [1.29, 1.82) is 0 Å². The number of carbonyl (C=O) groups is 1. The van der Waals surface area contributed by atoms with E-state index < -0.39 is 0 Å². The lowest BCUT2D eigenvalue weighted by Crippen LogP contribution is -2.38. The van der Waals surface area contributed by atoms with Crippen LogP contribution >= 0.6 is 0 Å². The van der Waals surface area contributed by atoms with Crippen LogP contribution < -0.4 is 20.7 Å². The molecule has 0 fully saturated rings. The minimum Gasteiger partial charge on any atom is -0.487 e. The summed E-state index contributed by atoms with van der Waals surface area (Å²) < 4.78 is 5.79. The number of hydrogen-bond acceptors (Lipinski definition) is 4. The van der Waals surface area contributed by atoms with Gasteiger partial charge in [0.2, 0.25) is 0 Å². The molecule has 0 atom stereocenters. The van der Waals surface area contributed by atoms with E-state index in [4.69, 9.17) is 4.74 Å². The van der Waals surface area contributed by atoms with Crippen LogP contribution in [-0.2, 0) is 19.6 Å². The molecule has 0 bridgehead atoms. The highest BCUT2D eigenvalue weighted by molar-refractivity contribution is 5.94.